The second-order valence-corrected chi connectivity index (χ2v) is 4.89. The molecule has 0 fully saturated rings. The van der Waals surface area contributed by atoms with Gasteiger partial charge in [-0.15, -0.1) is 0 Å². The molecule has 0 aliphatic carbocycles. The number of halogens is 2. The maximum Gasteiger partial charge on any atom is 0.255 e. The van der Waals surface area contributed by atoms with Crippen LogP contribution in [0.3, 0.4) is 0 Å². The van der Waals surface area contributed by atoms with Gasteiger partial charge in [0.1, 0.15) is 11.6 Å². The summed E-state index contributed by atoms with van der Waals surface area (Å²) in [4.78, 5) is 12.1. The van der Waals surface area contributed by atoms with Gasteiger partial charge in [-0.2, -0.15) is 0 Å². The molecule has 20 heavy (non-hydrogen) atoms. The van der Waals surface area contributed by atoms with E-state index in [0.717, 1.165) is 0 Å². The monoisotopic (exact) mass is 338 g/mol. The van der Waals surface area contributed by atoms with Crippen LogP contribution in [0.4, 0.5) is 15.8 Å². The van der Waals surface area contributed by atoms with Gasteiger partial charge in [0.15, 0.2) is 0 Å². The van der Waals surface area contributed by atoms with Crippen molar-refractivity contribution >= 4 is 33.2 Å². The van der Waals surface area contributed by atoms with Crippen LogP contribution in [0.15, 0.2) is 40.9 Å². The van der Waals surface area contributed by atoms with Crippen molar-refractivity contribution < 1.29 is 13.9 Å². The molecular weight excluding hydrogens is 327 g/mol. The van der Waals surface area contributed by atoms with Crippen LogP contribution in [-0.4, -0.2) is 13.0 Å². The average molecular weight is 339 g/mol. The quantitative estimate of drug-likeness (QED) is 0.842. The molecule has 0 bridgehead atoms. The van der Waals surface area contributed by atoms with E-state index >= 15 is 0 Å². The maximum absolute atomic E-state index is 13.0. The molecule has 0 aromatic heterocycles. The maximum atomic E-state index is 13.0. The molecule has 0 heterocycles. The third kappa shape index (κ3) is 3.08. The van der Waals surface area contributed by atoms with Crippen LogP contribution in [0.5, 0.6) is 5.75 Å². The molecule has 2 rings (SSSR count). The Balaban J connectivity index is 2.19. The zero-order chi connectivity index (χ0) is 14.7. The highest BCUT2D eigenvalue weighted by Crippen LogP contribution is 2.26. The zero-order valence-corrected chi connectivity index (χ0v) is 12.2. The Hall–Kier alpha value is -2.08. The lowest BCUT2D eigenvalue weighted by Gasteiger charge is -2.08. The summed E-state index contributed by atoms with van der Waals surface area (Å²) in [6.07, 6.45) is 0. The van der Waals surface area contributed by atoms with E-state index in [1.807, 2.05) is 0 Å². The average Bonchev–Trinajstić information content (AvgIpc) is 2.42. The number of benzene rings is 2. The smallest absolute Gasteiger partial charge is 0.255 e. The van der Waals surface area contributed by atoms with Gasteiger partial charge in [-0.1, -0.05) is 0 Å². The lowest BCUT2D eigenvalue weighted by Crippen LogP contribution is -2.12. The molecule has 0 radical (unpaired) electrons. The molecule has 2 aromatic rings. The van der Waals surface area contributed by atoms with Crippen molar-refractivity contribution in [2.24, 2.45) is 0 Å². The van der Waals surface area contributed by atoms with Crippen molar-refractivity contribution in [1.82, 2.24) is 0 Å². The SMILES string of the molecule is COc1ccc(C(=O)Nc2ccc(F)c(N)c2)cc1Br. The van der Waals surface area contributed by atoms with Crippen LogP contribution in [0.25, 0.3) is 0 Å². The highest BCUT2D eigenvalue weighted by atomic mass is 79.9. The predicted octanol–water partition coefficient (Wildman–Crippen LogP) is 3.43. The molecule has 0 aliphatic rings. The first-order valence-corrected chi connectivity index (χ1v) is 6.50. The highest BCUT2D eigenvalue weighted by Gasteiger charge is 2.10. The second kappa shape index (κ2) is 5.92. The number of methoxy groups -OCH3 is 1. The Morgan fingerprint density at radius 1 is 1.30 bits per heavy atom. The van der Waals surface area contributed by atoms with E-state index in [4.69, 9.17) is 10.5 Å². The zero-order valence-electron chi connectivity index (χ0n) is 10.6. The molecule has 0 spiro atoms. The number of carbonyl (C=O) groups excluding carboxylic acids is 1. The van der Waals surface area contributed by atoms with E-state index in [9.17, 15) is 9.18 Å². The number of nitrogens with one attached hydrogen (secondary N) is 1. The minimum atomic E-state index is -0.518. The summed E-state index contributed by atoms with van der Waals surface area (Å²) in [7, 11) is 1.54. The number of anilines is 2. The molecule has 0 saturated heterocycles. The van der Waals surface area contributed by atoms with Gasteiger partial charge in [0, 0.05) is 11.3 Å². The van der Waals surface area contributed by atoms with Crippen molar-refractivity contribution in [1.29, 1.82) is 0 Å². The largest absolute Gasteiger partial charge is 0.496 e. The summed E-state index contributed by atoms with van der Waals surface area (Å²) < 4.78 is 18.8. The van der Waals surface area contributed by atoms with Crippen molar-refractivity contribution in [3.8, 4) is 5.75 Å². The second-order valence-electron chi connectivity index (χ2n) is 4.04. The van der Waals surface area contributed by atoms with E-state index < -0.39 is 5.82 Å². The third-order valence-corrected chi connectivity index (χ3v) is 3.29. The van der Waals surface area contributed by atoms with Crippen molar-refractivity contribution in [2.45, 2.75) is 0 Å². The number of amides is 1. The first kappa shape index (κ1) is 14.3. The van der Waals surface area contributed by atoms with E-state index in [2.05, 4.69) is 21.2 Å². The number of nitrogen functional groups attached to an aromatic ring is 1. The molecule has 0 atom stereocenters. The fourth-order valence-corrected chi connectivity index (χ4v) is 2.17. The minimum Gasteiger partial charge on any atom is -0.496 e. The Labute approximate surface area is 123 Å². The number of hydrogen-bond donors (Lipinski definition) is 2. The summed E-state index contributed by atoms with van der Waals surface area (Å²) in [5.41, 5.74) is 6.31. The first-order chi connectivity index (χ1) is 9.51. The van der Waals surface area contributed by atoms with Gasteiger partial charge in [-0.25, -0.2) is 4.39 Å². The number of carbonyl (C=O) groups is 1. The number of ether oxygens (including phenoxy) is 1. The van der Waals surface area contributed by atoms with Gasteiger partial charge >= 0.3 is 0 Å². The Kier molecular flexibility index (Phi) is 4.24. The molecule has 104 valence electrons. The topological polar surface area (TPSA) is 64.3 Å². The first-order valence-electron chi connectivity index (χ1n) is 5.71. The van der Waals surface area contributed by atoms with Gasteiger partial charge < -0.3 is 15.8 Å². The molecular formula is C14H12BrFN2O2. The predicted molar refractivity (Wildman–Crippen MR) is 79.5 cm³/mol. The summed E-state index contributed by atoms with van der Waals surface area (Å²) in [5, 5.41) is 2.64. The van der Waals surface area contributed by atoms with Gasteiger partial charge in [-0.3, -0.25) is 4.79 Å². The summed E-state index contributed by atoms with van der Waals surface area (Å²) in [6.45, 7) is 0. The van der Waals surface area contributed by atoms with Crippen LogP contribution in [0.1, 0.15) is 10.4 Å². The summed E-state index contributed by atoms with van der Waals surface area (Å²) in [5.74, 6) is -0.206. The van der Waals surface area contributed by atoms with Crippen molar-refractivity contribution in [2.75, 3.05) is 18.2 Å². The fourth-order valence-electron chi connectivity index (χ4n) is 1.63. The third-order valence-electron chi connectivity index (χ3n) is 2.67. The molecule has 0 saturated carbocycles. The van der Waals surface area contributed by atoms with Gasteiger partial charge in [0.05, 0.1) is 17.3 Å². The molecule has 3 N–H and O–H groups in total. The van der Waals surface area contributed by atoms with E-state index in [1.165, 1.54) is 18.2 Å². The number of rotatable bonds is 3. The van der Waals surface area contributed by atoms with Gasteiger partial charge in [0.25, 0.3) is 5.91 Å². The lowest BCUT2D eigenvalue weighted by atomic mass is 10.2. The molecule has 2 aromatic carbocycles. The fraction of sp³-hybridized carbons (Fsp3) is 0.0714. The number of hydrogen-bond acceptors (Lipinski definition) is 3. The lowest BCUT2D eigenvalue weighted by molar-refractivity contribution is 0.102. The van der Waals surface area contributed by atoms with Crippen LogP contribution in [0.2, 0.25) is 0 Å². The molecule has 6 heteroatoms. The van der Waals surface area contributed by atoms with Crippen LogP contribution in [0, 0.1) is 5.82 Å². The van der Waals surface area contributed by atoms with Gasteiger partial charge in [-0.05, 0) is 52.3 Å². The van der Waals surface area contributed by atoms with E-state index in [1.54, 1.807) is 25.3 Å². The van der Waals surface area contributed by atoms with Crippen molar-refractivity contribution in [3.63, 3.8) is 0 Å². The Morgan fingerprint density at radius 2 is 2.05 bits per heavy atom. The Morgan fingerprint density at radius 3 is 2.65 bits per heavy atom. The standard InChI is InChI=1S/C14H12BrFN2O2/c1-20-13-5-2-8(6-10(13)15)14(19)18-9-3-4-11(16)12(17)7-9/h2-7H,17H2,1H3,(H,18,19). The van der Waals surface area contributed by atoms with Crippen LogP contribution in [-0.2, 0) is 0 Å². The summed E-state index contributed by atoms with van der Waals surface area (Å²) in [6, 6.07) is 8.97. The highest BCUT2D eigenvalue weighted by molar-refractivity contribution is 9.10. The normalized spacial score (nSPS) is 10.2. The molecule has 1 amide bonds. The van der Waals surface area contributed by atoms with E-state index in [0.29, 0.717) is 21.5 Å². The van der Waals surface area contributed by atoms with E-state index in [-0.39, 0.29) is 11.6 Å². The molecule has 0 aliphatic heterocycles. The number of nitrogens with two attached hydrogens (primary N) is 1. The van der Waals surface area contributed by atoms with Crippen LogP contribution < -0.4 is 15.8 Å². The van der Waals surface area contributed by atoms with Crippen molar-refractivity contribution in [3.05, 3.63) is 52.3 Å². The molecule has 4 nitrogen and oxygen atoms in total. The Bertz CT molecular complexity index is 662. The minimum absolute atomic E-state index is 0.0151. The van der Waals surface area contributed by atoms with Gasteiger partial charge in [0.2, 0.25) is 0 Å². The van der Waals surface area contributed by atoms with Crippen LogP contribution >= 0.6 is 15.9 Å². The molecule has 0 unspecified atom stereocenters. The summed E-state index contributed by atoms with van der Waals surface area (Å²) >= 11 is 3.31.